The van der Waals surface area contributed by atoms with Crippen LogP contribution in [0.2, 0.25) is 0 Å². The third kappa shape index (κ3) is 3.01. The van der Waals surface area contributed by atoms with Gasteiger partial charge in [-0.15, -0.1) is 0 Å². The minimum Gasteiger partial charge on any atom is -0.385 e. The molecule has 4 heteroatoms. The summed E-state index contributed by atoms with van der Waals surface area (Å²) in [5.74, 6) is -1.44. The molecule has 2 unspecified atom stereocenters. The van der Waals surface area contributed by atoms with Crippen LogP contribution in [0.4, 0.5) is 8.78 Å². The highest BCUT2D eigenvalue weighted by molar-refractivity contribution is 5.29. The summed E-state index contributed by atoms with van der Waals surface area (Å²) in [6, 6.07) is 2.51. The van der Waals surface area contributed by atoms with Gasteiger partial charge in [-0.25, -0.2) is 8.78 Å². The predicted octanol–water partition coefficient (Wildman–Crippen LogP) is 3.12. The molecule has 0 bridgehead atoms. The molecule has 0 saturated heterocycles. The maximum Gasteiger partial charge on any atom is 0.134 e. The Balaban J connectivity index is 3.10. The van der Waals surface area contributed by atoms with Crippen LogP contribution in [-0.2, 0) is 4.74 Å². The number of rotatable bonds is 5. The number of aryl methyl sites for hydroxylation is 1. The molecule has 96 valence electrons. The van der Waals surface area contributed by atoms with Gasteiger partial charge >= 0.3 is 0 Å². The Bertz CT molecular complexity index is 380. The lowest BCUT2D eigenvalue weighted by molar-refractivity contribution is -0.0212. The molecule has 0 fully saturated rings. The van der Waals surface area contributed by atoms with Crippen LogP contribution < -0.4 is 0 Å². The Hall–Kier alpha value is -1.00. The third-order valence-electron chi connectivity index (χ3n) is 2.84. The zero-order valence-electron chi connectivity index (χ0n) is 10.3. The Morgan fingerprint density at radius 2 is 2.00 bits per heavy atom. The van der Waals surface area contributed by atoms with Crippen molar-refractivity contribution >= 4 is 0 Å². The van der Waals surface area contributed by atoms with E-state index in [-0.39, 0.29) is 5.56 Å². The van der Waals surface area contributed by atoms with Gasteiger partial charge in [-0.1, -0.05) is 19.4 Å². The average molecular weight is 244 g/mol. The molecule has 0 amide bonds. The molecule has 1 N–H and O–H groups in total. The molecule has 0 aromatic heterocycles. The fourth-order valence-corrected chi connectivity index (χ4v) is 1.82. The first-order valence-electron chi connectivity index (χ1n) is 5.68. The van der Waals surface area contributed by atoms with Gasteiger partial charge in [0.15, 0.2) is 0 Å². The fourth-order valence-electron chi connectivity index (χ4n) is 1.82. The molecule has 0 aliphatic rings. The average Bonchev–Trinajstić information content (AvgIpc) is 2.31. The molecule has 0 heterocycles. The SMILES string of the molecule is CCCC(OC)C(O)c1c(F)ccc(C)c1F. The van der Waals surface area contributed by atoms with Crippen molar-refractivity contribution in [3.8, 4) is 0 Å². The number of aliphatic hydroxyl groups excluding tert-OH is 1. The highest BCUT2D eigenvalue weighted by Gasteiger charge is 2.26. The van der Waals surface area contributed by atoms with E-state index in [1.54, 1.807) is 0 Å². The molecule has 1 aromatic carbocycles. The normalized spacial score (nSPS) is 14.7. The van der Waals surface area contributed by atoms with Gasteiger partial charge in [0.05, 0.1) is 11.7 Å². The van der Waals surface area contributed by atoms with Crippen molar-refractivity contribution in [2.75, 3.05) is 7.11 Å². The Morgan fingerprint density at radius 1 is 1.35 bits per heavy atom. The van der Waals surface area contributed by atoms with Crippen molar-refractivity contribution in [3.05, 3.63) is 34.9 Å². The quantitative estimate of drug-likeness (QED) is 0.862. The molecule has 2 nitrogen and oxygen atoms in total. The molecule has 17 heavy (non-hydrogen) atoms. The van der Waals surface area contributed by atoms with E-state index in [2.05, 4.69) is 0 Å². The molecule has 0 aliphatic carbocycles. The Morgan fingerprint density at radius 3 is 2.53 bits per heavy atom. The van der Waals surface area contributed by atoms with Crippen LogP contribution in [0.5, 0.6) is 0 Å². The van der Waals surface area contributed by atoms with Crippen LogP contribution in [-0.4, -0.2) is 18.3 Å². The minimum absolute atomic E-state index is 0.301. The number of hydrogen-bond donors (Lipinski definition) is 1. The predicted molar refractivity (Wildman–Crippen MR) is 61.8 cm³/mol. The van der Waals surface area contributed by atoms with Gasteiger partial charge in [0, 0.05) is 7.11 Å². The summed E-state index contributed by atoms with van der Waals surface area (Å²) in [6.07, 6.45) is -0.555. The van der Waals surface area contributed by atoms with Gasteiger partial charge in [0.25, 0.3) is 0 Å². The largest absolute Gasteiger partial charge is 0.385 e. The smallest absolute Gasteiger partial charge is 0.134 e. The summed E-state index contributed by atoms with van der Waals surface area (Å²) in [7, 11) is 1.43. The number of aliphatic hydroxyl groups is 1. The zero-order valence-corrected chi connectivity index (χ0v) is 10.3. The first-order chi connectivity index (χ1) is 8.02. The fraction of sp³-hybridized carbons (Fsp3) is 0.538. The molecule has 0 saturated carbocycles. The molecule has 1 aromatic rings. The van der Waals surface area contributed by atoms with Gasteiger partial charge < -0.3 is 9.84 Å². The number of halogens is 2. The number of hydrogen-bond acceptors (Lipinski definition) is 2. The summed E-state index contributed by atoms with van der Waals surface area (Å²) >= 11 is 0. The van der Waals surface area contributed by atoms with Crippen LogP contribution in [0, 0.1) is 18.6 Å². The van der Waals surface area contributed by atoms with Gasteiger partial charge in [0.1, 0.15) is 17.7 Å². The summed E-state index contributed by atoms with van der Waals surface area (Å²) in [6.45, 7) is 3.45. The van der Waals surface area contributed by atoms with Crippen LogP contribution >= 0.6 is 0 Å². The van der Waals surface area contributed by atoms with Crippen LogP contribution in [0.15, 0.2) is 12.1 Å². The van der Waals surface area contributed by atoms with E-state index >= 15 is 0 Å². The molecule has 0 spiro atoms. The standard InChI is InChI=1S/C13H18F2O2/c1-4-5-10(17-3)13(16)11-9(14)7-6-8(2)12(11)15/h6-7,10,13,16H,4-5H2,1-3H3. The van der Waals surface area contributed by atoms with E-state index < -0.39 is 23.8 Å². The van der Waals surface area contributed by atoms with E-state index in [0.717, 1.165) is 12.5 Å². The molecular weight excluding hydrogens is 226 g/mol. The monoisotopic (exact) mass is 244 g/mol. The van der Waals surface area contributed by atoms with Crippen molar-refractivity contribution in [2.24, 2.45) is 0 Å². The molecule has 2 atom stereocenters. The van der Waals surface area contributed by atoms with Crippen molar-refractivity contribution in [1.29, 1.82) is 0 Å². The second-order valence-electron chi connectivity index (χ2n) is 4.10. The highest BCUT2D eigenvalue weighted by Crippen LogP contribution is 2.28. The van der Waals surface area contributed by atoms with Crippen LogP contribution in [0.25, 0.3) is 0 Å². The molecule has 0 aliphatic heterocycles. The lowest BCUT2D eigenvalue weighted by atomic mass is 9.98. The number of ether oxygens (including phenoxy) is 1. The van der Waals surface area contributed by atoms with E-state index in [0.29, 0.717) is 12.0 Å². The van der Waals surface area contributed by atoms with E-state index in [1.165, 1.54) is 20.1 Å². The first kappa shape index (κ1) is 14.1. The highest BCUT2D eigenvalue weighted by atomic mass is 19.1. The van der Waals surface area contributed by atoms with Crippen molar-refractivity contribution in [1.82, 2.24) is 0 Å². The summed E-state index contributed by atoms with van der Waals surface area (Å²) in [4.78, 5) is 0. The molecule has 0 radical (unpaired) electrons. The number of methoxy groups -OCH3 is 1. The van der Waals surface area contributed by atoms with E-state index in [9.17, 15) is 13.9 Å². The second kappa shape index (κ2) is 6.07. The van der Waals surface area contributed by atoms with Gasteiger partial charge in [-0.05, 0) is 25.0 Å². The second-order valence-corrected chi connectivity index (χ2v) is 4.10. The maximum atomic E-state index is 13.8. The Kier molecular flexibility index (Phi) is 5.02. The molecular formula is C13H18F2O2. The lowest BCUT2D eigenvalue weighted by Crippen LogP contribution is -2.23. The topological polar surface area (TPSA) is 29.5 Å². The summed E-state index contributed by atoms with van der Waals surface area (Å²) < 4.78 is 32.4. The van der Waals surface area contributed by atoms with Crippen molar-refractivity contribution < 1.29 is 18.6 Å². The summed E-state index contributed by atoms with van der Waals surface area (Å²) in [5, 5.41) is 9.99. The van der Waals surface area contributed by atoms with Crippen molar-refractivity contribution in [3.63, 3.8) is 0 Å². The van der Waals surface area contributed by atoms with E-state index in [4.69, 9.17) is 4.74 Å². The zero-order chi connectivity index (χ0) is 13.0. The minimum atomic E-state index is -1.28. The van der Waals surface area contributed by atoms with Crippen LogP contribution in [0.1, 0.15) is 37.0 Å². The lowest BCUT2D eigenvalue weighted by Gasteiger charge is -2.22. The van der Waals surface area contributed by atoms with Crippen LogP contribution in [0.3, 0.4) is 0 Å². The van der Waals surface area contributed by atoms with Gasteiger partial charge in [-0.2, -0.15) is 0 Å². The maximum absolute atomic E-state index is 13.8. The summed E-state index contributed by atoms with van der Waals surface area (Å²) in [5.41, 5.74) is 0.0112. The Labute approximate surface area is 100 Å². The van der Waals surface area contributed by atoms with E-state index in [1.807, 2.05) is 6.92 Å². The van der Waals surface area contributed by atoms with Crippen molar-refractivity contribution in [2.45, 2.75) is 38.9 Å². The first-order valence-corrected chi connectivity index (χ1v) is 5.68. The number of benzene rings is 1. The third-order valence-corrected chi connectivity index (χ3v) is 2.84. The van der Waals surface area contributed by atoms with Gasteiger partial charge in [-0.3, -0.25) is 0 Å². The van der Waals surface area contributed by atoms with Gasteiger partial charge in [0.2, 0.25) is 0 Å². The molecule has 1 rings (SSSR count).